The molecule has 0 aromatic carbocycles. The zero-order valence-electron chi connectivity index (χ0n) is 8.12. The van der Waals surface area contributed by atoms with E-state index in [1.807, 2.05) is 12.2 Å². The van der Waals surface area contributed by atoms with Gasteiger partial charge in [-0.25, -0.2) is 0 Å². The minimum Gasteiger partial charge on any atom is -0.296 e. The molecule has 0 aliphatic rings. The maximum absolute atomic E-state index is 3.71. The van der Waals surface area contributed by atoms with Gasteiger partial charge in [-0.15, -0.1) is 25.6 Å². The molecule has 0 spiro atoms. The Labute approximate surface area is 82.6 Å². The maximum Gasteiger partial charge on any atom is 0.0164 e. The van der Waals surface area contributed by atoms with Crippen LogP contribution >= 0.6 is 12.4 Å². The van der Waals surface area contributed by atoms with Gasteiger partial charge in [-0.05, 0) is 5.92 Å². The minimum atomic E-state index is 0. The highest BCUT2D eigenvalue weighted by Crippen LogP contribution is 1.97. The van der Waals surface area contributed by atoms with E-state index in [1.54, 1.807) is 0 Å². The number of hydrogen-bond acceptors (Lipinski definition) is 1. The van der Waals surface area contributed by atoms with Crippen LogP contribution in [0, 0.1) is 5.92 Å². The van der Waals surface area contributed by atoms with Gasteiger partial charge < -0.3 is 0 Å². The molecule has 0 atom stereocenters. The van der Waals surface area contributed by atoms with Crippen molar-refractivity contribution in [1.82, 2.24) is 4.90 Å². The Balaban J connectivity index is 0. The highest BCUT2D eigenvalue weighted by atomic mass is 35.5. The molecule has 12 heavy (non-hydrogen) atoms. The molecule has 0 rings (SSSR count). The van der Waals surface area contributed by atoms with Crippen molar-refractivity contribution in [2.24, 2.45) is 5.92 Å². The molecule has 0 amide bonds. The molecule has 0 heterocycles. The van der Waals surface area contributed by atoms with E-state index in [2.05, 4.69) is 31.9 Å². The van der Waals surface area contributed by atoms with Crippen molar-refractivity contribution in [2.45, 2.75) is 13.8 Å². The van der Waals surface area contributed by atoms with Crippen LogP contribution in [-0.2, 0) is 0 Å². The molecule has 0 aromatic heterocycles. The first-order valence-corrected chi connectivity index (χ1v) is 4.14. The van der Waals surface area contributed by atoms with Gasteiger partial charge in [0.2, 0.25) is 0 Å². The lowest BCUT2D eigenvalue weighted by Gasteiger charge is -2.20. The Morgan fingerprint density at radius 1 is 1.17 bits per heavy atom. The molecule has 0 radical (unpaired) electrons. The summed E-state index contributed by atoms with van der Waals surface area (Å²) in [6.45, 7) is 14.9. The smallest absolute Gasteiger partial charge is 0.0164 e. The third kappa shape index (κ3) is 7.83. The third-order valence-electron chi connectivity index (χ3n) is 1.40. The largest absolute Gasteiger partial charge is 0.296 e. The second-order valence-corrected chi connectivity index (χ2v) is 3.19. The summed E-state index contributed by atoms with van der Waals surface area (Å²) in [7, 11) is 0. The van der Waals surface area contributed by atoms with E-state index in [4.69, 9.17) is 0 Å². The van der Waals surface area contributed by atoms with Gasteiger partial charge in [0.15, 0.2) is 0 Å². The molecule has 0 aliphatic carbocycles. The van der Waals surface area contributed by atoms with Crippen molar-refractivity contribution in [3.8, 4) is 0 Å². The van der Waals surface area contributed by atoms with Crippen LogP contribution in [-0.4, -0.2) is 24.5 Å². The van der Waals surface area contributed by atoms with E-state index >= 15 is 0 Å². The van der Waals surface area contributed by atoms with Gasteiger partial charge in [-0.3, -0.25) is 4.90 Å². The van der Waals surface area contributed by atoms with Gasteiger partial charge in [0.25, 0.3) is 0 Å². The van der Waals surface area contributed by atoms with Crippen LogP contribution in [0.15, 0.2) is 25.3 Å². The fraction of sp³-hybridized carbons (Fsp3) is 0.600. The molecule has 0 fully saturated rings. The molecule has 0 aromatic rings. The van der Waals surface area contributed by atoms with Crippen LogP contribution in [0.5, 0.6) is 0 Å². The van der Waals surface area contributed by atoms with Crippen molar-refractivity contribution in [3.05, 3.63) is 25.3 Å². The van der Waals surface area contributed by atoms with E-state index in [0.717, 1.165) is 25.6 Å². The number of nitrogens with zero attached hydrogens (tertiary/aromatic N) is 1. The molecule has 2 heteroatoms. The predicted molar refractivity (Wildman–Crippen MR) is 58.9 cm³/mol. The SMILES string of the molecule is C=CCN(CC=C)CC(C)C.Cl. The molecule has 0 aliphatic heterocycles. The zero-order valence-corrected chi connectivity index (χ0v) is 8.94. The second kappa shape index (κ2) is 8.82. The van der Waals surface area contributed by atoms with Crippen LogP contribution in [0.4, 0.5) is 0 Å². The second-order valence-electron chi connectivity index (χ2n) is 3.19. The monoisotopic (exact) mass is 189 g/mol. The zero-order chi connectivity index (χ0) is 8.69. The topological polar surface area (TPSA) is 3.24 Å². The molecular formula is C10H20ClN. The van der Waals surface area contributed by atoms with Gasteiger partial charge >= 0.3 is 0 Å². The van der Waals surface area contributed by atoms with Gasteiger partial charge in [0.05, 0.1) is 0 Å². The Morgan fingerprint density at radius 2 is 1.58 bits per heavy atom. The summed E-state index contributed by atoms with van der Waals surface area (Å²) >= 11 is 0. The van der Waals surface area contributed by atoms with Crippen LogP contribution in [0.1, 0.15) is 13.8 Å². The van der Waals surface area contributed by atoms with Crippen molar-refractivity contribution in [1.29, 1.82) is 0 Å². The van der Waals surface area contributed by atoms with E-state index in [-0.39, 0.29) is 12.4 Å². The summed E-state index contributed by atoms with van der Waals surface area (Å²) < 4.78 is 0. The molecule has 0 saturated heterocycles. The Morgan fingerprint density at radius 3 is 1.83 bits per heavy atom. The standard InChI is InChI=1S/C10H19N.ClH/c1-5-7-11(8-6-2)9-10(3)4;/h5-6,10H,1-2,7-9H2,3-4H3;1H. The summed E-state index contributed by atoms with van der Waals surface area (Å²) in [4.78, 5) is 2.32. The van der Waals surface area contributed by atoms with Crippen molar-refractivity contribution in [2.75, 3.05) is 19.6 Å². The summed E-state index contributed by atoms with van der Waals surface area (Å²) in [5, 5.41) is 0. The Kier molecular flexibility index (Phi) is 10.5. The minimum absolute atomic E-state index is 0. The molecule has 0 bridgehead atoms. The van der Waals surface area contributed by atoms with Gasteiger partial charge in [-0.1, -0.05) is 26.0 Å². The Bertz CT molecular complexity index is 111. The van der Waals surface area contributed by atoms with Crippen molar-refractivity contribution in [3.63, 3.8) is 0 Å². The summed E-state index contributed by atoms with van der Waals surface area (Å²) in [6.07, 6.45) is 3.87. The summed E-state index contributed by atoms with van der Waals surface area (Å²) in [6, 6.07) is 0. The van der Waals surface area contributed by atoms with Crippen LogP contribution in [0.3, 0.4) is 0 Å². The van der Waals surface area contributed by atoms with Crippen molar-refractivity contribution < 1.29 is 0 Å². The lowest BCUT2D eigenvalue weighted by Crippen LogP contribution is -2.27. The van der Waals surface area contributed by atoms with Crippen LogP contribution in [0.25, 0.3) is 0 Å². The highest BCUT2D eigenvalue weighted by Gasteiger charge is 2.01. The molecular weight excluding hydrogens is 170 g/mol. The van der Waals surface area contributed by atoms with Crippen LogP contribution in [0.2, 0.25) is 0 Å². The molecule has 1 nitrogen and oxygen atoms in total. The number of hydrogen-bond donors (Lipinski definition) is 0. The van der Waals surface area contributed by atoms with Crippen LogP contribution < -0.4 is 0 Å². The average Bonchev–Trinajstić information content (AvgIpc) is 1.87. The fourth-order valence-electron chi connectivity index (χ4n) is 1.11. The lowest BCUT2D eigenvalue weighted by molar-refractivity contribution is 0.295. The average molecular weight is 190 g/mol. The number of rotatable bonds is 6. The lowest BCUT2D eigenvalue weighted by atomic mass is 10.2. The van der Waals surface area contributed by atoms with Gasteiger partial charge in [0.1, 0.15) is 0 Å². The quantitative estimate of drug-likeness (QED) is 0.581. The molecule has 72 valence electrons. The van der Waals surface area contributed by atoms with Gasteiger partial charge in [0, 0.05) is 19.6 Å². The maximum atomic E-state index is 3.71. The van der Waals surface area contributed by atoms with E-state index in [9.17, 15) is 0 Å². The first-order valence-electron chi connectivity index (χ1n) is 4.14. The first kappa shape index (κ1) is 14.3. The fourth-order valence-corrected chi connectivity index (χ4v) is 1.11. The molecule has 0 saturated carbocycles. The van der Waals surface area contributed by atoms with E-state index in [1.165, 1.54) is 0 Å². The highest BCUT2D eigenvalue weighted by molar-refractivity contribution is 5.85. The van der Waals surface area contributed by atoms with E-state index < -0.39 is 0 Å². The number of halogens is 1. The third-order valence-corrected chi connectivity index (χ3v) is 1.40. The first-order chi connectivity index (χ1) is 5.20. The normalized spacial score (nSPS) is 9.67. The Hall–Kier alpha value is -0.270. The molecule has 0 unspecified atom stereocenters. The van der Waals surface area contributed by atoms with Gasteiger partial charge in [-0.2, -0.15) is 0 Å². The summed E-state index contributed by atoms with van der Waals surface area (Å²) in [5.41, 5.74) is 0. The molecule has 0 N–H and O–H groups in total. The van der Waals surface area contributed by atoms with E-state index in [0.29, 0.717) is 0 Å². The summed E-state index contributed by atoms with van der Waals surface area (Å²) in [5.74, 6) is 0.717. The van der Waals surface area contributed by atoms with Crippen molar-refractivity contribution >= 4 is 12.4 Å². The predicted octanol–water partition coefficient (Wildman–Crippen LogP) is 2.74.